The van der Waals surface area contributed by atoms with Crippen molar-refractivity contribution in [2.24, 2.45) is 0 Å². The minimum Gasteiger partial charge on any atom is -0.508 e. The summed E-state index contributed by atoms with van der Waals surface area (Å²) in [7, 11) is 0. The summed E-state index contributed by atoms with van der Waals surface area (Å²) in [5.74, 6) is -1.46. The SMILES string of the molecule is O=C(O)c1ccc(CF)c(O)c1. The average molecular weight is 170 g/mol. The molecule has 2 N–H and O–H groups in total. The molecule has 0 bridgehead atoms. The lowest BCUT2D eigenvalue weighted by Gasteiger charge is -2.00. The molecule has 0 unspecified atom stereocenters. The topological polar surface area (TPSA) is 57.5 Å². The van der Waals surface area contributed by atoms with Gasteiger partial charge in [-0.3, -0.25) is 0 Å². The second-order valence-corrected chi connectivity index (χ2v) is 2.28. The molecule has 0 atom stereocenters. The highest BCUT2D eigenvalue weighted by atomic mass is 19.1. The van der Waals surface area contributed by atoms with Crippen LogP contribution in [0.5, 0.6) is 5.75 Å². The monoisotopic (exact) mass is 170 g/mol. The van der Waals surface area contributed by atoms with Crippen LogP contribution in [-0.4, -0.2) is 16.2 Å². The Labute approximate surface area is 68.1 Å². The van der Waals surface area contributed by atoms with Gasteiger partial charge < -0.3 is 10.2 Å². The van der Waals surface area contributed by atoms with Crippen molar-refractivity contribution in [3.63, 3.8) is 0 Å². The fourth-order valence-corrected chi connectivity index (χ4v) is 0.810. The van der Waals surface area contributed by atoms with Crippen LogP contribution < -0.4 is 0 Å². The number of carbonyl (C=O) groups is 1. The first-order valence-corrected chi connectivity index (χ1v) is 3.26. The first kappa shape index (κ1) is 8.52. The number of hydrogen-bond acceptors (Lipinski definition) is 2. The predicted octanol–water partition coefficient (Wildman–Crippen LogP) is 1.56. The molecule has 0 aliphatic heterocycles. The Hall–Kier alpha value is -1.58. The maximum Gasteiger partial charge on any atom is 0.335 e. The van der Waals surface area contributed by atoms with E-state index in [9.17, 15) is 9.18 Å². The predicted molar refractivity (Wildman–Crippen MR) is 39.9 cm³/mol. The van der Waals surface area contributed by atoms with Crippen LogP contribution in [0.15, 0.2) is 18.2 Å². The molecule has 0 spiro atoms. The summed E-state index contributed by atoms with van der Waals surface area (Å²) < 4.78 is 12.0. The quantitative estimate of drug-likeness (QED) is 0.708. The van der Waals surface area contributed by atoms with Gasteiger partial charge in [-0.1, -0.05) is 6.07 Å². The molecule has 0 radical (unpaired) electrons. The summed E-state index contributed by atoms with van der Waals surface area (Å²) in [4.78, 5) is 10.3. The van der Waals surface area contributed by atoms with Crippen molar-refractivity contribution < 1.29 is 19.4 Å². The van der Waals surface area contributed by atoms with E-state index in [1.165, 1.54) is 12.1 Å². The Morgan fingerprint density at radius 3 is 2.58 bits per heavy atom. The van der Waals surface area contributed by atoms with Crippen LogP contribution in [0.25, 0.3) is 0 Å². The smallest absolute Gasteiger partial charge is 0.335 e. The number of rotatable bonds is 2. The minimum atomic E-state index is -1.14. The zero-order chi connectivity index (χ0) is 9.14. The molecule has 0 aromatic heterocycles. The van der Waals surface area contributed by atoms with Crippen molar-refractivity contribution in [3.8, 4) is 5.75 Å². The summed E-state index contributed by atoms with van der Waals surface area (Å²) >= 11 is 0. The Balaban J connectivity index is 3.10. The average Bonchev–Trinajstić information content (AvgIpc) is 2.04. The van der Waals surface area contributed by atoms with Gasteiger partial charge in [0.05, 0.1) is 5.56 Å². The van der Waals surface area contributed by atoms with E-state index in [4.69, 9.17) is 10.2 Å². The Kier molecular flexibility index (Phi) is 2.28. The van der Waals surface area contributed by atoms with Gasteiger partial charge >= 0.3 is 5.97 Å². The van der Waals surface area contributed by atoms with Crippen molar-refractivity contribution in [2.45, 2.75) is 6.67 Å². The molecule has 64 valence electrons. The summed E-state index contributed by atoms with van der Waals surface area (Å²) in [6.07, 6.45) is 0. The van der Waals surface area contributed by atoms with Crippen LogP contribution in [0.3, 0.4) is 0 Å². The lowest BCUT2D eigenvalue weighted by Crippen LogP contribution is -1.96. The lowest BCUT2D eigenvalue weighted by atomic mass is 10.1. The van der Waals surface area contributed by atoms with E-state index < -0.39 is 12.6 Å². The third-order valence-electron chi connectivity index (χ3n) is 1.48. The standard InChI is InChI=1S/C8H7FO3/c9-4-6-2-1-5(8(11)12)3-7(6)10/h1-3,10H,4H2,(H,11,12). The molecule has 1 rings (SSSR count). The first-order chi connectivity index (χ1) is 5.65. The number of aromatic hydroxyl groups is 1. The van der Waals surface area contributed by atoms with Crippen molar-refractivity contribution in [1.82, 2.24) is 0 Å². The number of phenols is 1. The lowest BCUT2D eigenvalue weighted by molar-refractivity contribution is 0.0696. The Morgan fingerprint density at radius 1 is 1.50 bits per heavy atom. The number of hydrogen-bond donors (Lipinski definition) is 2. The molecule has 0 fully saturated rings. The third kappa shape index (κ3) is 1.53. The molecular formula is C8H7FO3. The van der Waals surface area contributed by atoms with Crippen molar-refractivity contribution in [3.05, 3.63) is 29.3 Å². The molecule has 0 saturated heterocycles. The van der Waals surface area contributed by atoms with Crippen LogP contribution in [0.2, 0.25) is 0 Å². The molecule has 1 aromatic rings. The summed E-state index contributed by atoms with van der Waals surface area (Å²) in [5, 5.41) is 17.5. The van der Waals surface area contributed by atoms with Crippen molar-refractivity contribution in [1.29, 1.82) is 0 Å². The Bertz CT molecular complexity index is 309. The van der Waals surface area contributed by atoms with E-state index in [0.29, 0.717) is 0 Å². The Morgan fingerprint density at radius 2 is 2.17 bits per heavy atom. The highest BCUT2D eigenvalue weighted by Crippen LogP contribution is 2.19. The molecule has 12 heavy (non-hydrogen) atoms. The van der Waals surface area contributed by atoms with Crippen LogP contribution in [0.4, 0.5) is 4.39 Å². The highest BCUT2D eigenvalue weighted by molar-refractivity contribution is 5.88. The van der Waals surface area contributed by atoms with Gasteiger partial charge in [0, 0.05) is 5.56 Å². The maximum absolute atomic E-state index is 12.0. The van der Waals surface area contributed by atoms with Gasteiger partial charge in [-0.15, -0.1) is 0 Å². The van der Waals surface area contributed by atoms with Crippen LogP contribution in [-0.2, 0) is 6.67 Å². The molecule has 0 heterocycles. The van der Waals surface area contributed by atoms with Crippen LogP contribution in [0.1, 0.15) is 15.9 Å². The van der Waals surface area contributed by atoms with E-state index in [1.807, 2.05) is 0 Å². The van der Waals surface area contributed by atoms with E-state index >= 15 is 0 Å². The number of alkyl halides is 1. The fraction of sp³-hybridized carbons (Fsp3) is 0.125. The minimum absolute atomic E-state index is 0.0512. The summed E-state index contributed by atoms with van der Waals surface area (Å²) in [5.41, 5.74) is 0.0460. The van der Waals surface area contributed by atoms with Gasteiger partial charge in [0.1, 0.15) is 12.4 Å². The normalized spacial score (nSPS) is 9.75. The third-order valence-corrected chi connectivity index (χ3v) is 1.48. The number of benzene rings is 1. The van der Waals surface area contributed by atoms with Gasteiger partial charge in [-0.25, -0.2) is 9.18 Å². The van der Waals surface area contributed by atoms with Gasteiger partial charge in [-0.2, -0.15) is 0 Å². The molecule has 0 saturated carbocycles. The summed E-state index contributed by atoms with van der Waals surface area (Å²) in [6, 6.07) is 3.52. The van der Waals surface area contributed by atoms with Crippen LogP contribution in [0, 0.1) is 0 Å². The van der Waals surface area contributed by atoms with E-state index in [0.717, 1.165) is 6.07 Å². The second-order valence-electron chi connectivity index (χ2n) is 2.28. The molecule has 3 nitrogen and oxygen atoms in total. The molecule has 0 aliphatic carbocycles. The molecule has 1 aromatic carbocycles. The number of phenolic OH excluding ortho intramolecular Hbond substituents is 1. The van der Waals surface area contributed by atoms with Gasteiger partial charge in [-0.05, 0) is 12.1 Å². The molecule has 0 amide bonds. The van der Waals surface area contributed by atoms with Gasteiger partial charge in [0.25, 0.3) is 0 Å². The number of aromatic carboxylic acids is 1. The van der Waals surface area contributed by atoms with Gasteiger partial charge in [0.2, 0.25) is 0 Å². The highest BCUT2D eigenvalue weighted by Gasteiger charge is 2.06. The number of carboxylic acids is 1. The van der Waals surface area contributed by atoms with E-state index in [2.05, 4.69) is 0 Å². The maximum atomic E-state index is 12.0. The number of carboxylic acid groups (broad SMARTS) is 1. The molecular weight excluding hydrogens is 163 g/mol. The number of halogens is 1. The van der Waals surface area contributed by atoms with Crippen LogP contribution >= 0.6 is 0 Å². The largest absolute Gasteiger partial charge is 0.508 e. The molecule has 4 heteroatoms. The fourth-order valence-electron chi connectivity index (χ4n) is 0.810. The van der Waals surface area contributed by atoms with Gasteiger partial charge in [0.15, 0.2) is 0 Å². The summed E-state index contributed by atoms with van der Waals surface area (Å²) in [6.45, 7) is -0.800. The molecule has 0 aliphatic rings. The zero-order valence-corrected chi connectivity index (χ0v) is 6.12. The van der Waals surface area contributed by atoms with Crippen molar-refractivity contribution >= 4 is 5.97 Å². The zero-order valence-electron chi connectivity index (χ0n) is 6.12. The van der Waals surface area contributed by atoms with E-state index in [1.54, 1.807) is 0 Å². The van der Waals surface area contributed by atoms with E-state index in [-0.39, 0.29) is 16.9 Å². The van der Waals surface area contributed by atoms with Crippen molar-refractivity contribution in [2.75, 3.05) is 0 Å². The second kappa shape index (κ2) is 3.21. The first-order valence-electron chi connectivity index (χ1n) is 3.26.